The molecule has 13 heteroatoms. The lowest BCUT2D eigenvalue weighted by molar-refractivity contribution is 0.242. The Labute approximate surface area is 231 Å². The molecule has 0 bridgehead atoms. The summed E-state index contributed by atoms with van der Waals surface area (Å²) in [4.78, 5) is 15.3. The van der Waals surface area contributed by atoms with Gasteiger partial charge in [-0.15, -0.1) is 0 Å². The molecule has 2 fully saturated rings. The van der Waals surface area contributed by atoms with Crippen molar-refractivity contribution < 1.29 is 21.9 Å². The Hall–Kier alpha value is -3.55. The van der Waals surface area contributed by atoms with E-state index in [1.54, 1.807) is 6.07 Å². The number of hydrogen-bond donors (Lipinski definition) is 2. The first-order valence-electron chi connectivity index (χ1n) is 13.0. The zero-order chi connectivity index (χ0) is 28.7. The van der Waals surface area contributed by atoms with Crippen LogP contribution in [0.15, 0.2) is 47.4 Å². The molecule has 0 atom stereocenters. The number of nitrogens with one attached hydrogen (secondary N) is 1. The van der Waals surface area contributed by atoms with E-state index in [0.717, 1.165) is 40.8 Å². The molecule has 2 aromatic carbocycles. The molecule has 10 nitrogen and oxygen atoms in total. The van der Waals surface area contributed by atoms with Crippen LogP contribution in [-0.2, 0) is 16.8 Å². The molecule has 1 saturated heterocycles. The van der Waals surface area contributed by atoms with Crippen molar-refractivity contribution in [2.24, 2.45) is 5.41 Å². The topological polar surface area (TPSA) is 123 Å². The van der Waals surface area contributed by atoms with Gasteiger partial charge in [-0.05, 0) is 49.1 Å². The third-order valence-electron chi connectivity index (χ3n) is 7.40. The van der Waals surface area contributed by atoms with E-state index in [0.29, 0.717) is 24.0 Å². The van der Waals surface area contributed by atoms with Crippen LogP contribution in [-0.4, -0.2) is 55.3 Å². The van der Waals surface area contributed by atoms with Crippen molar-refractivity contribution in [1.29, 1.82) is 0 Å². The van der Waals surface area contributed by atoms with Crippen molar-refractivity contribution in [2.45, 2.75) is 33.2 Å². The monoisotopic (exact) mass is 574 g/mol. The lowest BCUT2D eigenvalue weighted by atomic mass is 10.1. The lowest BCUT2D eigenvalue weighted by Crippen LogP contribution is -2.52. The van der Waals surface area contributed by atoms with E-state index in [4.69, 9.17) is 10.5 Å². The third kappa shape index (κ3) is 6.11. The molecule has 1 aromatic heterocycles. The number of nitrogens with two attached hydrogens (primary N) is 1. The SMILES string of the molecule is Cc1ccc(CNS(=O)(=O)N2CCN(c3cnn(-c4cc(F)cc(F)c4)c(=O)c3OCC3(C)CC3)CC2)cc1N. The number of aryl methyl sites for hydroxylation is 1. The molecule has 3 N–H and O–H groups in total. The summed E-state index contributed by atoms with van der Waals surface area (Å²) < 4.78 is 64.5. The Balaban J connectivity index is 1.33. The van der Waals surface area contributed by atoms with Gasteiger partial charge < -0.3 is 15.4 Å². The third-order valence-corrected chi connectivity index (χ3v) is 8.95. The zero-order valence-electron chi connectivity index (χ0n) is 22.4. The Morgan fingerprint density at radius 1 is 1.07 bits per heavy atom. The van der Waals surface area contributed by atoms with E-state index in [-0.39, 0.29) is 49.6 Å². The molecule has 1 saturated carbocycles. The van der Waals surface area contributed by atoms with Gasteiger partial charge in [0.25, 0.3) is 10.2 Å². The summed E-state index contributed by atoms with van der Waals surface area (Å²) in [5.41, 5.74) is 7.85. The molecule has 5 rings (SSSR count). The Morgan fingerprint density at radius 2 is 1.75 bits per heavy atom. The van der Waals surface area contributed by atoms with E-state index in [9.17, 15) is 22.0 Å². The highest BCUT2D eigenvalue weighted by molar-refractivity contribution is 7.87. The predicted octanol–water partition coefficient (Wildman–Crippen LogP) is 2.74. The van der Waals surface area contributed by atoms with Gasteiger partial charge in [0, 0.05) is 49.9 Å². The summed E-state index contributed by atoms with van der Waals surface area (Å²) in [6.45, 7) is 5.24. The minimum Gasteiger partial charge on any atom is -0.486 e. The van der Waals surface area contributed by atoms with Crippen LogP contribution in [0.3, 0.4) is 0 Å². The van der Waals surface area contributed by atoms with Crippen molar-refractivity contribution in [3.05, 3.63) is 75.7 Å². The minimum atomic E-state index is -3.77. The Kier molecular flexibility index (Phi) is 7.55. The molecule has 1 aliphatic heterocycles. The number of benzene rings is 2. The van der Waals surface area contributed by atoms with Crippen LogP contribution in [0, 0.1) is 24.0 Å². The largest absolute Gasteiger partial charge is 0.486 e. The van der Waals surface area contributed by atoms with Gasteiger partial charge in [0.15, 0.2) is 0 Å². The maximum Gasteiger partial charge on any atom is 0.316 e. The van der Waals surface area contributed by atoms with Crippen molar-refractivity contribution >= 4 is 21.6 Å². The fourth-order valence-electron chi connectivity index (χ4n) is 4.47. The number of rotatable bonds is 9. The van der Waals surface area contributed by atoms with E-state index in [1.165, 1.54) is 10.5 Å². The maximum absolute atomic E-state index is 13.9. The highest BCUT2D eigenvalue weighted by Crippen LogP contribution is 2.45. The average molecular weight is 575 g/mol. The molecule has 0 amide bonds. The molecule has 0 spiro atoms. The Morgan fingerprint density at radius 3 is 2.38 bits per heavy atom. The Bertz CT molecular complexity index is 1560. The van der Waals surface area contributed by atoms with Gasteiger partial charge in [-0.25, -0.2) is 8.78 Å². The van der Waals surface area contributed by atoms with Crippen molar-refractivity contribution in [1.82, 2.24) is 18.8 Å². The molecule has 40 heavy (non-hydrogen) atoms. The van der Waals surface area contributed by atoms with Gasteiger partial charge in [0.2, 0.25) is 5.75 Å². The number of ether oxygens (including phenoxy) is 1. The number of piperazine rings is 1. The van der Waals surface area contributed by atoms with Gasteiger partial charge in [-0.3, -0.25) is 4.79 Å². The van der Waals surface area contributed by atoms with E-state index < -0.39 is 27.4 Å². The first-order valence-corrected chi connectivity index (χ1v) is 14.4. The van der Waals surface area contributed by atoms with E-state index in [1.807, 2.05) is 24.0 Å². The van der Waals surface area contributed by atoms with Gasteiger partial charge in [0.05, 0.1) is 18.5 Å². The number of halogens is 2. The van der Waals surface area contributed by atoms with Crippen molar-refractivity contribution in [3.63, 3.8) is 0 Å². The molecule has 214 valence electrons. The minimum absolute atomic E-state index is 0.0131. The zero-order valence-corrected chi connectivity index (χ0v) is 23.2. The average Bonchev–Trinajstić information content (AvgIpc) is 3.65. The number of nitrogen functional groups attached to an aromatic ring is 1. The molecule has 1 aliphatic carbocycles. The molecular formula is C27H32F2N6O4S. The number of anilines is 2. The van der Waals surface area contributed by atoms with E-state index in [2.05, 4.69) is 16.7 Å². The second kappa shape index (κ2) is 10.8. The summed E-state index contributed by atoms with van der Waals surface area (Å²) in [6.07, 6.45) is 3.35. The highest BCUT2D eigenvalue weighted by Gasteiger charge is 2.39. The van der Waals surface area contributed by atoms with Gasteiger partial charge in [-0.2, -0.15) is 27.2 Å². The second-order valence-corrected chi connectivity index (χ2v) is 12.5. The first-order chi connectivity index (χ1) is 18.9. The van der Waals surface area contributed by atoms with Crippen molar-refractivity contribution in [2.75, 3.05) is 43.4 Å². The highest BCUT2D eigenvalue weighted by atomic mass is 32.2. The molecular weight excluding hydrogens is 542 g/mol. The summed E-state index contributed by atoms with van der Waals surface area (Å²) in [7, 11) is -3.77. The van der Waals surface area contributed by atoms with Crippen LogP contribution >= 0.6 is 0 Å². The summed E-state index contributed by atoms with van der Waals surface area (Å²) in [6, 6.07) is 8.16. The van der Waals surface area contributed by atoms with Crippen molar-refractivity contribution in [3.8, 4) is 11.4 Å². The fraction of sp³-hybridized carbons (Fsp3) is 0.407. The number of nitrogens with zero attached hydrogens (tertiary/aromatic N) is 4. The van der Waals surface area contributed by atoms with Crippen LogP contribution < -0.4 is 25.7 Å². The van der Waals surface area contributed by atoms with Gasteiger partial charge in [-0.1, -0.05) is 19.1 Å². The summed E-state index contributed by atoms with van der Waals surface area (Å²) in [5.74, 6) is -1.66. The molecule has 2 heterocycles. The molecule has 2 aliphatic rings. The van der Waals surface area contributed by atoms with Crippen LogP contribution in [0.4, 0.5) is 20.2 Å². The number of aromatic nitrogens is 2. The first kappa shape index (κ1) is 28.0. The van der Waals surface area contributed by atoms with Gasteiger partial charge >= 0.3 is 5.56 Å². The second-order valence-electron chi connectivity index (χ2n) is 10.7. The fourth-order valence-corrected chi connectivity index (χ4v) is 5.65. The summed E-state index contributed by atoms with van der Waals surface area (Å²) >= 11 is 0. The van der Waals surface area contributed by atoms with Crippen LogP contribution in [0.5, 0.6) is 5.75 Å². The quantitative estimate of drug-likeness (QED) is 0.377. The molecule has 0 unspecified atom stereocenters. The summed E-state index contributed by atoms with van der Waals surface area (Å²) in [5, 5.41) is 4.17. The number of hydrogen-bond acceptors (Lipinski definition) is 7. The van der Waals surface area contributed by atoms with Crippen LogP contribution in [0.1, 0.15) is 30.9 Å². The van der Waals surface area contributed by atoms with Crippen LogP contribution in [0.2, 0.25) is 0 Å². The predicted molar refractivity (Wildman–Crippen MR) is 148 cm³/mol. The smallest absolute Gasteiger partial charge is 0.316 e. The standard InChI is InChI=1S/C27H32F2N6O4S/c1-18-3-4-19(11-23(18)30)15-32-40(37,38)34-9-7-33(8-10-34)24-16-31-35(22-13-20(28)12-21(29)14-22)26(36)25(24)39-17-27(2)5-6-27/h3-4,11-14,16,32H,5-10,15,17,30H2,1-2H3. The van der Waals surface area contributed by atoms with E-state index >= 15 is 0 Å². The molecule has 0 radical (unpaired) electrons. The lowest BCUT2D eigenvalue weighted by Gasteiger charge is -2.35. The maximum atomic E-state index is 13.9. The van der Waals surface area contributed by atoms with Gasteiger partial charge in [0.1, 0.15) is 17.3 Å². The van der Waals surface area contributed by atoms with Crippen LogP contribution in [0.25, 0.3) is 5.69 Å². The normalized spacial score (nSPS) is 17.1. The molecule has 3 aromatic rings.